The summed E-state index contributed by atoms with van der Waals surface area (Å²) in [5.41, 5.74) is 4.22. The van der Waals surface area contributed by atoms with Crippen LogP contribution in [0, 0.1) is 0 Å². The lowest BCUT2D eigenvalue weighted by Crippen LogP contribution is -1.92. The summed E-state index contributed by atoms with van der Waals surface area (Å²) in [5, 5.41) is 4.12. The van der Waals surface area contributed by atoms with Gasteiger partial charge in [-0.2, -0.15) is 5.10 Å². The molecule has 0 saturated carbocycles. The Hall–Kier alpha value is -2.16. The van der Waals surface area contributed by atoms with Crippen molar-refractivity contribution < 1.29 is 0 Å². The minimum atomic E-state index is 0.767. The van der Waals surface area contributed by atoms with Crippen LogP contribution >= 0.6 is 0 Å². The van der Waals surface area contributed by atoms with Crippen molar-refractivity contribution in [1.82, 2.24) is 4.98 Å². The maximum absolute atomic E-state index is 4.12. The average molecular weight is 225 g/mol. The van der Waals surface area contributed by atoms with E-state index in [1.165, 1.54) is 5.56 Å². The second-order valence-corrected chi connectivity index (χ2v) is 3.66. The molecule has 1 aromatic carbocycles. The first-order valence-corrected chi connectivity index (χ1v) is 5.67. The van der Waals surface area contributed by atoms with Gasteiger partial charge in [0.25, 0.3) is 0 Å². The summed E-state index contributed by atoms with van der Waals surface area (Å²) in [7, 11) is 0. The molecule has 0 aliphatic heterocycles. The summed E-state index contributed by atoms with van der Waals surface area (Å²) in [6.45, 7) is 0. The minimum Gasteiger partial charge on any atom is -0.262 e. The second kappa shape index (κ2) is 6.43. The van der Waals surface area contributed by atoms with Gasteiger partial charge in [-0.25, -0.2) is 4.98 Å². The van der Waals surface area contributed by atoms with Crippen molar-refractivity contribution in [2.75, 3.05) is 5.43 Å². The van der Waals surface area contributed by atoms with Crippen molar-refractivity contribution in [3.05, 3.63) is 60.3 Å². The SMILES string of the molecule is C(CCc1ccccc1)=NNc1ccccn1. The van der Waals surface area contributed by atoms with Crippen LogP contribution in [-0.4, -0.2) is 11.2 Å². The Morgan fingerprint density at radius 1 is 1.06 bits per heavy atom. The molecule has 1 heterocycles. The van der Waals surface area contributed by atoms with Crippen LogP contribution in [0.5, 0.6) is 0 Å². The molecule has 2 aromatic rings. The molecule has 0 bridgehead atoms. The molecule has 3 nitrogen and oxygen atoms in total. The molecular weight excluding hydrogens is 210 g/mol. The van der Waals surface area contributed by atoms with E-state index >= 15 is 0 Å². The fraction of sp³-hybridized carbons (Fsp3) is 0.143. The predicted octanol–water partition coefficient (Wildman–Crippen LogP) is 3.11. The van der Waals surface area contributed by atoms with E-state index in [1.807, 2.05) is 30.5 Å². The molecule has 0 atom stereocenters. The molecule has 0 saturated heterocycles. The molecule has 86 valence electrons. The first-order valence-electron chi connectivity index (χ1n) is 5.67. The number of nitrogens with zero attached hydrogens (tertiary/aromatic N) is 2. The predicted molar refractivity (Wildman–Crippen MR) is 71.1 cm³/mol. The van der Waals surface area contributed by atoms with Gasteiger partial charge >= 0.3 is 0 Å². The molecule has 2 rings (SSSR count). The number of hydrogen-bond donors (Lipinski definition) is 1. The van der Waals surface area contributed by atoms with E-state index in [0.29, 0.717) is 0 Å². The Morgan fingerprint density at radius 3 is 2.65 bits per heavy atom. The van der Waals surface area contributed by atoms with Gasteiger partial charge < -0.3 is 0 Å². The smallest absolute Gasteiger partial charge is 0.146 e. The van der Waals surface area contributed by atoms with Gasteiger partial charge in [0.2, 0.25) is 0 Å². The lowest BCUT2D eigenvalue weighted by Gasteiger charge is -1.98. The van der Waals surface area contributed by atoms with E-state index in [4.69, 9.17) is 0 Å². The number of benzene rings is 1. The van der Waals surface area contributed by atoms with Crippen LogP contribution in [-0.2, 0) is 6.42 Å². The fourth-order valence-electron chi connectivity index (χ4n) is 1.48. The molecule has 0 spiro atoms. The highest BCUT2D eigenvalue weighted by molar-refractivity contribution is 5.59. The van der Waals surface area contributed by atoms with Gasteiger partial charge in [-0.05, 0) is 30.5 Å². The number of nitrogens with one attached hydrogen (secondary N) is 1. The third-order valence-electron chi connectivity index (χ3n) is 2.34. The molecule has 0 aliphatic rings. The van der Waals surface area contributed by atoms with Crippen LogP contribution in [0.2, 0.25) is 0 Å². The summed E-state index contributed by atoms with van der Waals surface area (Å²) in [6, 6.07) is 16.1. The molecule has 3 heteroatoms. The lowest BCUT2D eigenvalue weighted by atomic mass is 10.1. The van der Waals surface area contributed by atoms with Gasteiger partial charge in [0.1, 0.15) is 5.82 Å². The molecular formula is C14H15N3. The van der Waals surface area contributed by atoms with E-state index in [9.17, 15) is 0 Å². The first-order chi connectivity index (χ1) is 8.45. The number of hydrazone groups is 1. The minimum absolute atomic E-state index is 0.767. The third kappa shape index (κ3) is 4.07. The summed E-state index contributed by atoms with van der Waals surface area (Å²) in [5.74, 6) is 0.767. The number of aromatic nitrogens is 1. The number of rotatable bonds is 5. The molecule has 0 unspecified atom stereocenters. The number of pyridine rings is 1. The van der Waals surface area contributed by atoms with Gasteiger partial charge in [-0.1, -0.05) is 36.4 Å². The summed E-state index contributed by atoms with van der Waals surface area (Å²) >= 11 is 0. The first kappa shape index (κ1) is 11.3. The van der Waals surface area contributed by atoms with Crippen LogP contribution in [0.3, 0.4) is 0 Å². The molecule has 0 fully saturated rings. The number of aryl methyl sites for hydroxylation is 1. The Morgan fingerprint density at radius 2 is 1.88 bits per heavy atom. The largest absolute Gasteiger partial charge is 0.262 e. The Bertz CT molecular complexity index is 451. The lowest BCUT2D eigenvalue weighted by molar-refractivity contribution is 1.05. The van der Waals surface area contributed by atoms with Gasteiger partial charge in [-0.15, -0.1) is 0 Å². The zero-order valence-electron chi connectivity index (χ0n) is 9.58. The highest BCUT2D eigenvalue weighted by Crippen LogP contribution is 2.02. The molecule has 1 aromatic heterocycles. The van der Waals surface area contributed by atoms with Crippen molar-refractivity contribution in [2.24, 2.45) is 5.10 Å². The maximum Gasteiger partial charge on any atom is 0.146 e. The molecule has 0 radical (unpaired) electrons. The van der Waals surface area contributed by atoms with Crippen LogP contribution in [0.15, 0.2) is 59.8 Å². The van der Waals surface area contributed by atoms with Crippen molar-refractivity contribution in [3.63, 3.8) is 0 Å². The topological polar surface area (TPSA) is 37.3 Å². The van der Waals surface area contributed by atoms with Gasteiger partial charge in [0, 0.05) is 12.4 Å². The quantitative estimate of drug-likeness (QED) is 0.627. The molecule has 0 aliphatic carbocycles. The van der Waals surface area contributed by atoms with Crippen molar-refractivity contribution in [1.29, 1.82) is 0 Å². The second-order valence-electron chi connectivity index (χ2n) is 3.66. The Kier molecular flexibility index (Phi) is 4.28. The monoisotopic (exact) mass is 225 g/mol. The Labute approximate surface area is 101 Å². The fourth-order valence-corrected chi connectivity index (χ4v) is 1.48. The van der Waals surface area contributed by atoms with E-state index in [-0.39, 0.29) is 0 Å². The number of hydrogen-bond acceptors (Lipinski definition) is 3. The average Bonchev–Trinajstić information content (AvgIpc) is 2.41. The van der Waals surface area contributed by atoms with Gasteiger partial charge in [0.05, 0.1) is 0 Å². The summed E-state index contributed by atoms with van der Waals surface area (Å²) < 4.78 is 0. The highest BCUT2D eigenvalue weighted by Gasteiger charge is 1.89. The van der Waals surface area contributed by atoms with Crippen LogP contribution < -0.4 is 5.43 Å². The standard InChI is InChI=1S/C14H15N3/c1-2-7-13(8-3-1)9-6-12-16-17-14-10-4-5-11-15-14/h1-5,7-8,10-12H,6,9H2,(H,15,17). The van der Waals surface area contributed by atoms with E-state index in [1.54, 1.807) is 6.20 Å². The van der Waals surface area contributed by atoms with Crippen molar-refractivity contribution in [2.45, 2.75) is 12.8 Å². The zero-order valence-corrected chi connectivity index (χ0v) is 9.58. The van der Waals surface area contributed by atoms with E-state index in [0.717, 1.165) is 18.7 Å². The Balaban J connectivity index is 1.72. The molecule has 17 heavy (non-hydrogen) atoms. The van der Waals surface area contributed by atoms with E-state index in [2.05, 4.69) is 39.8 Å². The van der Waals surface area contributed by atoms with Crippen LogP contribution in [0.1, 0.15) is 12.0 Å². The van der Waals surface area contributed by atoms with E-state index < -0.39 is 0 Å². The third-order valence-corrected chi connectivity index (χ3v) is 2.34. The zero-order chi connectivity index (χ0) is 11.8. The summed E-state index contributed by atoms with van der Waals surface area (Å²) in [6.07, 6.45) is 5.54. The number of anilines is 1. The van der Waals surface area contributed by atoms with Crippen molar-refractivity contribution >= 4 is 12.0 Å². The molecule has 1 N–H and O–H groups in total. The summed E-state index contributed by atoms with van der Waals surface area (Å²) in [4.78, 5) is 4.11. The normalized spacial score (nSPS) is 10.6. The van der Waals surface area contributed by atoms with Crippen molar-refractivity contribution in [3.8, 4) is 0 Å². The molecule has 0 amide bonds. The van der Waals surface area contributed by atoms with Gasteiger partial charge in [0.15, 0.2) is 0 Å². The van der Waals surface area contributed by atoms with Crippen LogP contribution in [0.4, 0.5) is 5.82 Å². The van der Waals surface area contributed by atoms with Crippen LogP contribution in [0.25, 0.3) is 0 Å². The maximum atomic E-state index is 4.12. The highest BCUT2D eigenvalue weighted by atomic mass is 15.3. The van der Waals surface area contributed by atoms with Gasteiger partial charge in [-0.3, -0.25) is 5.43 Å².